The van der Waals surface area contributed by atoms with E-state index in [1.165, 1.54) is 11.8 Å². The first kappa shape index (κ1) is 26.1. The molecule has 0 spiro atoms. The Balaban J connectivity index is 1.31. The van der Waals surface area contributed by atoms with Crippen LogP contribution in [0.3, 0.4) is 0 Å². The van der Waals surface area contributed by atoms with E-state index < -0.39 is 5.83 Å². The lowest BCUT2D eigenvalue weighted by Crippen LogP contribution is -2.51. The van der Waals surface area contributed by atoms with Gasteiger partial charge in [-0.15, -0.1) is 0 Å². The summed E-state index contributed by atoms with van der Waals surface area (Å²) in [5, 5.41) is 11.6. The third kappa shape index (κ3) is 6.22. The predicted molar refractivity (Wildman–Crippen MR) is 139 cm³/mol. The number of hydrogen-bond acceptors (Lipinski definition) is 11. The molecule has 1 atom stereocenters. The highest BCUT2D eigenvalue weighted by Crippen LogP contribution is 2.29. The van der Waals surface area contributed by atoms with Crippen molar-refractivity contribution in [3.63, 3.8) is 0 Å². The van der Waals surface area contributed by atoms with Crippen molar-refractivity contribution in [2.75, 3.05) is 53.1 Å². The molecular formula is C24H34FN7O3S. The fourth-order valence-corrected chi connectivity index (χ4v) is 5.11. The van der Waals surface area contributed by atoms with Gasteiger partial charge in [0.25, 0.3) is 0 Å². The number of hydrogen-bond donors (Lipinski definition) is 3. The molecule has 4 rings (SSSR count). The van der Waals surface area contributed by atoms with E-state index in [0.29, 0.717) is 56.9 Å². The molecule has 10 nitrogen and oxygen atoms in total. The van der Waals surface area contributed by atoms with Crippen molar-refractivity contribution >= 4 is 29.3 Å². The number of aryl methyl sites for hydroxylation is 1. The second kappa shape index (κ2) is 12.3. The van der Waals surface area contributed by atoms with E-state index >= 15 is 4.39 Å². The van der Waals surface area contributed by atoms with Crippen LogP contribution in [0.15, 0.2) is 34.3 Å². The SMILES string of the molecule is CCOC(=O)CCN1CCN(C2=NCNC(NC3NC(c4cnc(OC)c(CC)c4)=CS3)=C2F)CC1. The third-order valence-corrected chi connectivity index (χ3v) is 7.08. The number of aromatic nitrogens is 1. The summed E-state index contributed by atoms with van der Waals surface area (Å²) >= 11 is 1.53. The maximum absolute atomic E-state index is 15.4. The number of carbonyl (C=O) groups is 1. The van der Waals surface area contributed by atoms with E-state index in [2.05, 4.69) is 43.8 Å². The first-order chi connectivity index (χ1) is 17.5. The number of thioether (sulfide) groups is 1. The first-order valence-electron chi connectivity index (χ1n) is 12.3. The summed E-state index contributed by atoms with van der Waals surface area (Å²) in [6.07, 6.45) is 2.96. The lowest BCUT2D eigenvalue weighted by atomic mass is 10.1. The number of pyridine rings is 1. The summed E-state index contributed by atoms with van der Waals surface area (Å²) in [6, 6.07) is 2.06. The molecular weight excluding hydrogens is 485 g/mol. The lowest BCUT2D eigenvalue weighted by Gasteiger charge is -2.37. The minimum Gasteiger partial charge on any atom is -0.481 e. The van der Waals surface area contributed by atoms with Crippen LogP contribution in [0, 0.1) is 0 Å². The van der Waals surface area contributed by atoms with Crippen LogP contribution in [-0.4, -0.2) is 85.2 Å². The fourth-order valence-electron chi connectivity index (χ4n) is 4.25. The Bertz CT molecular complexity index is 1040. The van der Waals surface area contributed by atoms with Gasteiger partial charge in [0.2, 0.25) is 11.7 Å². The van der Waals surface area contributed by atoms with Crippen molar-refractivity contribution in [1.82, 2.24) is 30.7 Å². The number of nitrogens with one attached hydrogen (secondary N) is 3. The summed E-state index contributed by atoms with van der Waals surface area (Å²) in [5.74, 6) is 0.747. The molecule has 1 fully saturated rings. The summed E-state index contributed by atoms with van der Waals surface area (Å²) in [7, 11) is 1.62. The number of aliphatic imine (C=N–C) groups is 1. The zero-order valence-corrected chi connectivity index (χ0v) is 21.8. The molecule has 1 saturated heterocycles. The van der Waals surface area contributed by atoms with E-state index in [1.807, 2.05) is 10.3 Å². The molecule has 0 aliphatic carbocycles. The maximum atomic E-state index is 15.4. The van der Waals surface area contributed by atoms with E-state index in [-0.39, 0.29) is 11.5 Å². The van der Waals surface area contributed by atoms with Crippen LogP contribution in [0.4, 0.5) is 4.39 Å². The smallest absolute Gasteiger partial charge is 0.307 e. The van der Waals surface area contributed by atoms with Gasteiger partial charge in [0.15, 0.2) is 11.3 Å². The first-order valence-corrected chi connectivity index (χ1v) is 13.2. The standard InChI is InChI=1S/C24H34FN7O3S/c1-4-16-12-17(13-26-23(16)34-3)18-14-36-24(29-18)30-21-20(25)22(28-15-27-21)32-10-8-31(9-11-32)7-6-19(33)35-5-2/h12-14,24,27,29-30H,4-11,15H2,1-3H3. The number of amidine groups is 1. The minimum atomic E-state index is -0.392. The van der Waals surface area contributed by atoms with E-state index in [0.717, 1.165) is 36.3 Å². The van der Waals surface area contributed by atoms with Gasteiger partial charge in [0.05, 0.1) is 25.8 Å². The molecule has 0 saturated carbocycles. The van der Waals surface area contributed by atoms with Crippen LogP contribution in [0.2, 0.25) is 0 Å². The molecule has 1 aromatic heterocycles. The fraction of sp³-hybridized carbons (Fsp3) is 0.542. The monoisotopic (exact) mass is 519 g/mol. The number of ether oxygens (including phenoxy) is 2. The van der Waals surface area contributed by atoms with Crippen LogP contribution >= 0.6 is 11.8 Å². The number of rotatable bonds is 9. The number of nitrogens with zero attached hydrogens (tertiary/aromatic N) is 4. The highest BCUT2D eigenvalue weighted by molar-refractivity contribution is 8.03. The zero-order chi connectivity index (χ0) is 25.5. The number of piperazine rings is 1. The Morgan fingerprint density at radius 3 is 2.83 bits per heavy atom. The van der Waals surface area contributed by atoms with Crippen LogP contribution in [0.1, 0.15) is 31.4 Å². The third-order valence-electron chi connectivity index (χ3n) is 6.20. The number of carbonyl (C=O) groups excluding carboxylic acids is 1. The molecule has 4 heterocycles. The number of esters is 1. The Hall–Kier alpha value is -2.99. The topological polar surface area (TPSA) is 103 Å². The van der Waals surface area contributed by atoms with E-state index in [1.54, 1.807) is 20.2 Å². The van der Waals surface area contributed by atoms with Gasteiger partial charge in [-0.3, -0.25) is 9.69 Å². The largest absolute Gasteiger partial charge is 0.481 e. The van der Waals surface area contributed by atoms with Crippen molar-refractivity contribution in [3.05, 3.63) is 40.4 Å². The van der Waals surface area contributed by atoms with Crippen LogP contribution in [0.25, 0.3) is 5.70 Å². The maximum Gasteiger partial charge on any atom is 0.307 e. The summed E-state index contributed by atoms with van der Waals surface area (Å²) in [5.41, 5.74) is 2.67. The Kier molecular flexibility index (Phi) is 8.92. The molecule has 36 heavy (non-hydrogen) atoms. The molecule has 3 aliphatic heterocycles. The molecule has 12 heteroatoms. The molecule has 1 unspecified atom stereocenters. The van der Waals surface area contributed by atoms with Gasteiger partial charge >= 0.3 is 5.97 Å². The Morgan fingerprint density at radius 1 is 1.31 bits per heavy atom. The van der Waals surface area contributed by atoms with Gasteiger partial charge in [0, 0.05) is 50.0 Å². The summed E-state index contributed by atoms with van der Waals surface area (Å²) < 4.78 is 25.7. The van der Waals surface area contributed by atoms with Crippen molar-refractivity contribution in [2.24, 2.45) is 4.99 Å². The van der Waals surface area contributed by atoms with E-state index in [4.69, 9.17) is 9.47 Å². The van der Waals surface area contributed by atoms with Crippen LogP contribution in [0.5, 0.6) is 5.88 Å². The van der Waals surface area contributed by atoms with Gasteiger partial charge in [-0.25, -0.2) is 9.98 Å². The normalized spacial score (nSPS) is 20.3. The minimum absolute atomic E-state index is 0.183. The zero-order valence-electron chi connectivity index (χ0n) is 21.0. The van der Waals surface area contributed by atoms with Gasteiger partial charge in [-0.2, -0.15) is 4.39 Å². The molecule has 3 aliphatic rings. The van der Waals surface area contributed by atoms with Gasteiger partial charge < -0.3 is 30.3 Å². The molecule has 0 radical (unpaired) electrons. The molecule has 196 valence electrons. The van der Waals surface area contributed by atoms with Gasteiger partial charge in [-0.05, 0) is 24.8 Å². The molecule has 1 aromatic rings. The van der Waals surface area contributed by atoms with Gasteiger partial charge in [0.1, 0.15) is 12.5 Å². The lowest BCUT2D eigenvalue weighted by molar-refractivity contribution is -0.143. The number of halogens is 1. The Morgan fingerprint density at radius 2 is 2.11 bits per heavy atom. The second-order valence-corrected chi connectivity index (χ2v) is 9.45. The molecule has 0 amide bonds. The highest BCUT2D eigenvalue weighted by Gasteiger charge is 2.28. The van der Waals surface area contributed by atoms with Crippen molar-refractivity contribution in [1.29, 1.82) is 0 Å². The highest BCUT2D eigenvalue weighted by atomic mass is 32.2. The van der Waals surface area contributed by atoms with Crippen LogP contribution in [-0.2, 0) is 16.0 Å². The average Bonchev–Trinajstić information content (AvgIpc) is 3.37. The predicted octanol–water partition coefficient (Wildman–Crippen LogP) is 1.83. The molecule has 3 N–H and O–H groups in total. The average molecular weight is 520 g/mol. The molecule has 0 aromatic carbocycles. The van der Waals surface area contributed by atoms with Crippen molar-refractivity contribution in [3.8, 4) is 5.88 Å². The number of methoxy groups -OCH3 is 1. The summed E-state index contributed by atoms with van der Waals surface area (Å²) in [4.78, 5) is 24.6. The molecule has 0 bridgehead atoms. The Labute approximate surface area is 215 Å². The van der Waals surface area contributed by atoms with E-state index in [9.17, 15) is 4.79 Å². The van der Waals surface area contributed by atoms with Crippen molar-refractivity contribution < 1.29 is 18.7 Å². The summed E-state index contributed by atoms with van der Waals surface area (Å²) in [6.45, 7) is 7.99. The van der Waals surface area contributed by atoms with Crippen LogP contribution < -0.4 is 20.7 Å². The van der Waals surface area contributed by atoms with Gasteiger partial charge in [-0.1, -0.05) is 18.7 Å². The second-order valence-electron chi connectivity index (χ2n) is 8.47. The van der Waals surface area contributed by atoms with Crippen molar-refractivity contribution in [2.45, 2.75) is 32.2 Å². The quantitative estimate of drug-likeness (QED) is 0.419.